The van der Waals surface area contributed by atoms with Crippen LogP contribution in [0.15, 0.2) is 56.5 Å². The molecule has 1 heterocycles. The molecule has 1 N–H and O–H groups in total. The Kier molecular flexibility index (Phi) is 5.84. The fraction of sp³-hybridized carbons (Fsp3) is 0.286. The molecule has 1 unspecified atom stereocenters. The maximum Gasteiger partial charge on any atom is 0.332 e. The van der Waals surface area contributed by atoms with Crippen LogP contribution in [0.3, 0.4) is 0 Å². The van der Waals surface area contributed by atoms with Gasteiger partial charge in [-0.3, -0.25) is 18.7 Å². The molecule has 0 bridgehead atoms. The molecule has 0 aliphatic rings. The first kappa shape index (κ1) is 20.1. The van der Waals surface area contributed by atoms with E-state index >= 15 is 0 Å². The van der Waals surface area contributed by atoms with Crippen LogP contribution in [-0.2, 0) is 11.3 Å². The molecular weight excluding hydrogens is 422 g/mol. The molecule has 1 amide bonds. The van der Waals surface area contributed by atoms with Gasteiger partial charge in [0.1, 0.15) is 6.54 Å². The molecule has 0 aliphatic heterocycles. The predicted molar refractivity (Wildman–Crippen MR) is 115 cm³/mol. The van der Waals surface area contributed by atoms with Crippen molar-refractivity contribution in [2.24, 2.45) is 0 Å². The van der Waals surface area contributed by atoms with Crippen molar-refractivity contribution in [3.8, 4) is 0 Å². The van der Waals surface area contributed by atoms with E-state index in [1.165, 1.54) is 9.13 Å². The van der Waals surface area contributed by atoms with Gasteiger partial charge in [-0.25, -0.2) is 4.79 Å². The number of carbonyl (C=O) groups excluding carboxylic acids is 1. The first-order valence-corrected chi connectivity index (χ1v) is 9.92. The number of amides is 1. The molecule has 3 rings (SSSR count). The largest absolute Gasteiger partial charge is 0.332 e. The number of anilines is 1. The first-order valence-electron chi connectivity index (χ1n) is 9.13. The number of aromatic nitrogens is 2. The van der Waals surface area contributed by atoms with E-state index in [9.17, 15) is 14.4 Å². The third kappa shape index (κ3) is 3.80. The zero-order valence-electron chi connectivity index (χ0n) is 16.0. The van der Waals surface area contributed by atoms with E-state index in [4.69, 9.17) is 0 Å². The monoisotopic (exact) mass is 443 g/mol. The number of nitrogens with one attached hydrogen (secondary N) is 1. The van der Waals surface area contributed by atoms with Gasteiger partial charge in [0.05, 0.1) is 16.6 Å². The van der Waals surface area contributed by atoms with Crippen molar-refractivity contribution in [2.45, 2.75) is 39.8 Å². The van der Waals surface area contributed by atoms with E-state index in [-0.39, 0.29) is 24.1 Å². The Balaban J connectivity index is 2.06. The molecule has 0 saturated heterocycles. The maximum absolute atomic E-state index is 13.0. The van der Waals surface area contributed by atoms with E-state index in [1.807, 2.05) is 32.9 Å². The van der Waals surface area contributed by atoms with Crippen molar-refractivity contribution in [1.29, 1.82) is 0 Å². The maximum atomic E-state index is 13.0. The Hall–Kier alpha value is -2.67. The van der Waals surface area contributed by atoms with Crippen LogP contribution in [0, 0.1) is 6.92 Å². The summed E-state index contributed by atoms with van der Waals surface area (Å²) in [5.74, 6) is -0.342. The second-order valence-corrected chi connectivity index (χ2v) is 7.70. The molecule has 6 nitrogen and oxygen atoms in total. The summed E-state index contributed by atoms with van der Waals surface area (Å²) in [7, 11) is 0. The van der Waals surface area contributed by atoms with Crippen molar-refractivity contribution in [3.05, 3.63) is 73.3 Å². The van der Waals surface area contributed by atoms with E-state index < -0.39 is 5.69 Å². The number of nitrogens with zero attached hydrogens (tertiary/aromatic N) is 2. The topological polar surface area (TPSA) is 73.1 Å². The summed E-state index contributed by atoms with van der Waals surface area (Å²) in [6.45, 7) is 5.51. The highest BCUT2D eigenvalue weighted by Crippen LogP contribution is 2.23. The molecule has 0 radical (unpaired) electrons. The molecule has 28 heavy (non-hydrogen) atoms. The van der Waals surface area contributed by atoms with Crippen molar-refractivity contribution in [1.82, 2.24) is 9.13 Å². The van der Waals surface area contributed by atoms with Crippen molar-refractivity contribution in [3.63, 3.8) is 0 Å². The standard InChI is InChI=1S/C21H22BrN3O3/c1-4-14(3)25-20(27)15-7-5-6-8-18(15)24(21(25)28)12-19(26)23-17-10-9-13(2)11-16(17)22/h5-11,14H,4,12H2,1-3H3,(H,23,26). The summed E-state index contributed by atoms with van der Waals surface area (Å²) in [5.41, 5.74) is 1.34. The quantitative estimate of drug-likeness (QED) is 0.650. The summed E-state index contributed by atoms with van der Waals surface area (Å²) in [5, 5.41) is 3.25. The fourth-order valence-corrected chi connectivity index (χ4v) is 3.71. The van der Waals surface area contributed by atoms with Crippen LogP contribution in [0.4, 0.5) is 5.69 Å². The van der Waals surface area contributed by atoms with Gasteiger partial charge in [-0.1, -0.05) is 25.1 Å². The molecule has 3 aromatic rings. The van der Waals surface area contributed by atoms with E-state index in [1.54, 1.807) is 30.3 Å². The second-order valence-electron chi connectivity index (χ2n) is 6.85. The Morgan fingerprint density at radius 1 is 1.18 bits per heavy atom. The van der Waals surface area contributed by atoms with E-state index in [2.05, 4.69) is 21.2 Å². The zero-order valence-corrected chi connectivity index (χ0v) is 17.6. The summed E-state index contributed by atoms with van der Waals surface area (Å²) in [6, 6.07) is 12.2. The lowest BCUT2D eigenvalue weighted by atomic mass is 10.2. The average molecular weight is 444 g/mol. The van der Waals surface area contributed by atoms with Gasteiger partial charge in [0.2, 0.25) is 5.91 Å². The summed E-state index contributed by atoms with van der Waals surface area (Å²) in [6.07, 6.45) is 0.635. The van der Waals surface area contributed by atoms with E-state index in [0.717, 1.165) is 10.0 Å². The molecular formula is C21H22BrN3O3. The third-order valence-corrected chi connectivity index (χ3v) is 5.47. The van der Waals surface area contributed by atoms with Gasteiger partial charge in [0.15, 0.2) is 0 Å². The molecule has 7 heteroatoms. The molecule has 1 aromatic heterocycles. The normalized spacial score (nSPS) is 12.1. The van der Waals surface area contributed by atoms with Crippen LogP contribution in [0.25, 0.3) is 10.9 Å². The van der Waals surface area contributed by atoms with Gasteiger partial charge < -0.3 is 5.32 Å². The molecule has 0 spiro atoms. The van der Waals surface area contributed by atoms with Gasteiger partial charge in [0.25, 0.3) is 5.56 Å². The number of carbonyl (C=O) groups is 1. The summed E-state index contributed by atoms with van der Waals surface area (Å²) < 4.78 is 3.36. The van der Waals surface area contributed by atoms with Gasteiger partial charge in [0, 0.05) is 10.5 Å². The third-order valence-electron chi connectivity index (χ3n) is 4.81. The minimum absolute atomic E-state index is 0.184. The highest BCUT2D eigenvalue weighted by atomic mass is 79.9. The number of halogens is 1. The Bertz CT molecular complexity index is 1160. The lowest BCUT2D eigenvalue weighted by Gasteiger charge is -2.17. The number of rotatable bonds is 5. The Morgan fingerprint density at radius 2 is 1.89 bits per heavy atom. The molecule has 0 saturated carbocycles. The van der Waals surface area contributed by atoms with Crippen LogP contribution in [0.2, 0.25) is 0 Å². The SMILES string of the molecule is CCC(C)n1c(=O)c2ccccc2n(CC(=O)Nc2ccc(C)cc2Br)c1=O. The van der Waals surface area contributed by atoms with Gasteiger partial charge in [-0.05, 0) is 66.0 Å². The highest BCUT2D eigenvalue weighted by molar-refractivity contribution is 9.10. The Morgan fingerprint density at radius 3 is 2.57 bits per heavy atom. The summed E-state index contributed by atoms with van der Waals surface area (Å²) in [4.78, 5) is 38.5. The van der Waals surface area contributed by atoms with Crippen LogP contribution in [0.1, 0.15) is 31.9 Å². The van der Waals surface area contributed by atoms with Crippen LogP contribution in [0.5, 0.6) is 0 Å². The minimum Gasteiger partial charge on any atom is -0.324 e. The number of aryl methyl sites for hydroxylation is 1. The van der Waals surface area contributed by atoms with Crippen molar-refractivity contribution in [2.75, 3.05) is 5.32 Å². The van der Waals surface area contributed by atoms with Crippen LogP contribution < -0.4 is 16.6 Å². The van der Waals surface area contributed by atoms with Crippen molar-refractivity contribution >= 4 is 38.4 Å². The van der Waals surface area contributed by atoms with E-state index in [0.29, 0.717) is 23.0 Å². The number of hydrogen-bond donors (Lipinski definition) is 1. The fourth-order valence-electron chi connectivity index (χ4n) is 3.12. The smallest absolute Gasteiger partial charge is 0.324 e. The predicted octanol–water partition coefficient (Wildman–Crippen LogP) is 3.84. The van der Waals surface area contributed by atoms with Crippen molar-refractivity contribution < 1.29 is 4.79 Å². The number of para-hydroxylation sites is 1. The first-order chi connectivity index (χ1) is 13.3. The lowest BCUT2D eigenvalue weighted by Crippen LogP contribution is -2.43. The zero-order chi connectivity index (χ0) is 20.4. The van der Waals surface area contributed by atoms with Crippen LogP contribution >= 0.6 is 15.9 Å². The van der Waals surface area contributed by atoms with Gasteiger partial charge in [-0.15, -0.1) is 0 Å². The number of hydrogen-bond acceptors (Lipinski definition) is 3. The highest BCUT2D eigenvalue weighted by Gasteiger charge is 2.18. The Labute approximate surface area is 170 Å². The summed E-state index contributed by atoms with van der Waals surface area (Å²) >= 11 is 3.44. The molecule has 2 aromatic carbocycles. The van der Waals surface area contributed by atoms with Gasteiger partial charge in [-0.2, -0.15) is 0 Å². The molecule has 0 aliphatic carbocycles. The minimum atomic E-state index is -0.476. The molecule has 0 fully saturated rings. The second kappa shape index (κ2) is 8.14. The average Bonchev–Trinajstić information content (AvgIpc) is 2.67. The number of benzene rings is 2. The lowest BCUT2D eigenvalue weighted by molar-refractivity contribution is -0.116. The molecule has 1 atom stereocenters. The van der Waals surface area contributed by atoms with Gasteiger partial charge >= 0.3 is 5.69 Å². The van der Waals surface area contributed by atoms with Crippen LogP contribution in [-0.4, -0.2) is 15.0 Å². The molecule has 146 valence electrons. The number of fused-ring (bicyclic) bond motifs is 1.